The summed E-state index contributed by atoms with van der Waals surface area (Å²) >= 11 is 1.37. The number of halogens is 1. The van der Waals surface area contributed by atoms with Gasteiger partial charge in [0, 0.05) is 6.07 Å². The molecule has 0 aliphatic heterocycles. The van der Waals surface area contributed by atoms with Gasteiger partial charge in [0.2, 0.25) is 0 Å². The van der Waals surface area contributed by atoms with Crippen molar-refractivity contribution in [3.05, 3.63) is 24.0 Å². The van der Waals surface area contributed by atoms with Crippen LogP contribution in [0.1, 0.15) is 13.8 Å². The molecule has 0 spiro atoms. The van der Waals surface area contributed by atoms with Gasteiger partial charge < -0.3 is 10.1 Å². The number of hydrogen-bond donors (Lipinski definition) is 1. The summed E-state index contributed by atoms with van der Waals surface area (Å²) in [5, 5.41) is 3.53. The zero-order valence-corrected chi connectivity index (χ0v) is 10.9. The van der Waals surface area contributed by atoms with E-state index in [9.17, 15) is 9.18 Å². The molecule has 1 heterocycles. The van der Waals surface area contributed by atoms with Crippen molar-refractivity contribution in [2.75, 3.05) is 11.9 Å². The van der Waals surface area contributed by atoms with Gasteiger partial charge in [-0.2, -0.15) is 0 Å². The lowest BCUT2D eigenvalue weighted by Gasteiger charge is -2.10. The van der Waals surface area contributed by atoms with Gasteiger partial charge in [0.25, 0.3) is 0 Å². The molecule has 18 heavy (non-hydrogen) atoms. The second-order valence-corrected chi connectivity index (χ2v) is 4.78. The molecule has 1 aromatic carbocycles. The maximum atomic E-state index is 13.0. The molecular formula is C12H13FN2O2S. The summed E-state index contributed by atoms with van der Waals surface area (Å²) in [5.74, 6) is -0.652. The first kappa shape index (κ1) is 12.8. The number of ether oxygens (including phenoxy) is 1. The minimum atomic E-state index is -0.477. The van der Waals surface area contributed by atoms with E-state index in [0.29, 0.717) is 17.3 Å². The number of aromatic nitrogens is 1. The van der Waals surface area contributed by atoms with E-state index < -0.39 is 6.04 Å². The predicted molar refractivity (Wildman–Crippen MR) is 69.3 cm³/mol. The van der Waals surface area contributed by atoms with Crippen molar-refractivity contribution >= 4 is 32.7 Å². The van der Waals surface area contributed by atoms with Crippen LogP contribution in [0.2, 0.25) is 0 Å². The van der Waals surface area contributed by atoms with Crippen LogP contribution >= 0.6 is 11.3 Å². The molecule has 1 unspecified atom stereocenters. The van der Waals surface area contributed by atoms with Gasteiger partial charge in [-0.05, 0) is 26.0 Å². The van der Waals surface area contributed by atoms with E-state index in [1.807, 2.05) is 0 Å². The van der Waals surface area contributed by atoms with Crippen molar-refractivity contribution in [2.24, 2.45) is 0 Å². The molecule has 0 amide bonds. The van der Waals surface area contributed by atoms with Crippen molar-refractivity contribution in [1.29, 1.82) is 0 Å². The summed E-state index contributed by atoms with van der Waals surface area (Å²) in [6.45, 7) is 3.80. The van der Waals surface area contributed by atoms with Gasteiger partial charge in [-0.25, -0.2) is 14.2 Å². The number of esters is 1. The van der Waals surface area contributed by atoms with Crippen LogP contribution in [0.15, 0.2) is 18.2 Å². The Kier molecular flexibility index (Phi) is 3.76. The number of carbonyl (C=O) groups is 1. The number of thiazole rings is 1. The lowest BCUT2D eigenvalue weighted by molar-refractivity contribution is -0.143. The zero-order chi connectivity index (χ0) is 13.1. The Hall–Kier alpha value is -1.69. The Bertz CT molecular complexity index is 570. The summed E-state index contributed by atoms with van der Waals surface area (Å²) in [7, 11) is 0. The Morgan fingerprint density at radius 2 is 2.39 bits per heavy atom. The van der Waals surface area contributed by atoms with Gasteiger partial charge in [-0.1, -0.05) is 11.3 Å². The van der Waals surface area contributed by atoms with Crippen molar-refractivity contribution in [3.63, 3.8) is 0 Å². The van der Waals surface area contributed by atoms with E-state index in [0.717, 1.165) is 4.70 Å². The number of rotatable bonds is 4. The molecule has 0 radical (unpaired) electrons. The largest absolute Gasteiger partial charge is 0.464 e. The fourth-order valence-electron chi connectivity index (χ4n) is 1.47. The monoisotopic (exact) mass is 268 g/mol. The highest BCUT2D eigenvalue weighted by molar-refractivity contribution is 7.22. The highest BCUT2D eigenvalue weighted by Gasteiger charge is 2.15. The lowest BCUT2D eigenvalue weighted by Crippen LogP contribution is -2.28. The average Bonchev–Trinajstić information content (AvgIpc) is 2.70. The van der Waals surface area contributed by atoms with Gasteiger partial charge in [0.1, 0.15) is 11.9 Å². The molecule has 1 aromatic heterocycles. The first-order chi connectivity index (χ1) is 8.60. The number of carbonyl (C=O) groups excluding carboxylic acids is 1. The van der Waals surface area contributed by atoms with Gasteiger partial charge in [-0.3, -0.25) is 0 Å². The Balaban J connectivity index is 2.14. The third-order valence-corrected chi connectivity index (χ3v) is 3.30. The van der Waals surface area contributed by atoms with E-state index in [2.05, 4.69) is 10.3 Å². The fraction of sp³-hybridized carbons (Fsp3) is 0.333. The van der Waals surface area contributed by atoms with Gasteiger partial charge in [-0.15, -0.1) is 0 Å². The minimum Gasteiger partial charge on any atom is -0.464 e. The van der Waals surface area contributed by atoms with E-state index >= 15 is 0 Å². The first-order valence-corrected chi connectivity index (χ1v) is 6.41. The third kappa shape index (κ3) is 2.76. The van der Waals surface area contributed by atoms with E-state index in [1.165, 1.54) is 23.5 Å². The van der Waals surface area contributed by atoms with Crippen LogP contribution in [0.3, 0.4) is 0 Å². The van der Waals surface area contributed by atoms with Crippen molar-refractivity contribution in [2.45, 2.75) is 19.9 Å². The summed E-state index contributed by atoms with van der Waals surface area (Å²) in [6, 6.07) is 3.95. The molecule has 1 N–H and O–H groups in total. The van der Waals surface area contributed by atoms with Gasteiger partial charge in [0.05, 0.1) is 16.8 Å². The van der Waals surface area contributed by atoms with Gasteiger partial charge >= 0.3 is 5.97 Å². The fourth-order valence-corrected chi connectivity index (χ4v) is 2.41. The summed E-state index contributed by atoms with van der Waals surface area (Å²) in [4.78, 5) is 15.7. The molecule has 6 heteroatoms. The summed E-state index contributed by atoms with van der Waals surface area (Å²) < 4.78 is 18.8. The molecule has 0 fully saturated rings. The standard InChI is InChI=1S/C12H13FN2O2S/c1-3-17-11(16)7(2)14-12-15-9-6-8(13)4-5-10(9)18-12/h4-7H,3H2,1-2H3,(H,14,15). The topological polar surface area (TPSA) is 51.2 Å². The molecule has 2 rings (SSSR count). The van der Waals surface area contributed by atoms with Crippen LogP contribution < -0.4 is 5.32 Å². The Morgan fingerprint density at radius 1 is 1.61 bits per heavy atom. The summed E-state index contributed by atoms with van der Waals surface area (Å²) in [5.41, 5.74) is 0.582. The third-order valence-electron chi connectivity index (χ3n) is 2.33. The lowest BCUT2D eigenvalue weighted by atomic mass is 10.3. The highest BCUT2D eigenvalue weighted by atomic mass is 32.1. The number of nitrogens with zero attached hydrogens (tertiary/aromatic N) is 1. The normalized spacial score (nSPS) is 12.4. The molecule has 0 saturated heterocycles. The molecule has 0 aliphatic carbocycles. The minimum absolute atomic E-state index is 0.321. The molecule has 1 atom stereocenters. The molecule has 0 aliphatic rings. The summed E-state index contributed by atoms with van der Waals surface area (Å²) in [6.07, 6.45) is 0. The number of hydrogen-bond acceptors (Lipinski definition) is 5. The van der Waals surface area contributed by atoms with Crippen LogP contribution in [-0.4, -0.2) is 23.6 Å². The van der Waals surface area contributed by atoms with E-state index in [1.54, 1.807) is 19.9 Å². The quantitative estimate of drug-likeness (QED) is 0.866. The van der Waals surface area contributed by atoms with Gasteiger partial charge in [0.15, 0.2) is 5.13 Å². The number of nitrogens with one attached hydrogen (secondary N) is 1. The van der Waals surface area contributed by atoms with Crippen molar-refractivity contribution in [1.82, 2.24) is 4.98 Å². The molecule has 96 valence electrons. The number of anilines is 1. The zero-order valence-electron chi connectivity index (χ0n) is 10.1. The Morgan fingerprint density at radius 3 is 3.11 bits per heavy atom. The molecule has 0 bridgehead atoms. The second-order valence-electron chi connectivity index (χ2n) is 3.75. The van der Waals surface area contributed by atoms with Crippen LogP contribution in [-0.2, 0) is 9.53 Å². The van der Waals surface area contributed by atoms with Crippen LogP contribution in [0.5, 0.6) is 0 Å². The van der Waals surface area contributed by atoms with Crippen LogP contribution in [0, 0.1) is 5.82 Å². The maximum Gasteiger partial charge on any atom is 0.328 e. The Labute approximate surface area is 108 Å². The molecular weight excluding hydrogens is 255 g/mol. The molecule has 0 saturated carbocycles. The smallest absolute Gasteiger partial charge is 0.328 e. The first-order valence-electron chi connectivity index (χ1n) is 5.59. The average molecular weight is 268 g/mol. The van der Waals surface area contributed by atoms with Crippen LogP contribution in [0.4, 0.5) is 9.52 Å². The van der Waals surface area contributed by atoms with E-state index in [-0.39, 0.29) is 11.8 Å². The number of fused-ring (bicyclic) bond motifs is 1. The van der Waals surface area contributed by atoms with Crippen molar-refractivity contribution < 1.29 is 13.9 Å². The second kappa shape index (κ2) is 5.30. The van der Waals surface area contributed by atoms with Crippen LogP contribution in [0.25, 0.3) is 10.2 Å². The molecule has 4 nitrogen and oxygen atoms in total. The highest BCUT2D eigenvalue weighted by Crippen LogP contribution is 2.26. The number of benzene rings is 1. The van der Waals surface area contributed by atoms with E-state index in [4.69, 9.17) is 4.74 Å². The van der Waals surface area contributed by atoms with Crippen molar-refractivity contribution in [3.8, 4) is 0 Å². The predicted octanol–water partition coefficient (Wildman–Crippen LogP) is 2.80. The SMILES string of the molecule is CCOC(=O)C(C)Nc1nc2cc(F)ccc2s1. The maximum absolute atomic E-state index is 13.0. The molecule has 2 aromatic rings.